The maximum absolute atomic E-state index is 13.5. The predicted octanol–water partition coefficient (Wildman–Crippen LogP) is 2.30. The largest absolute Gasteiger partial charge is 0.371 e. The Morgan fingerprint density at radius 3 is 2.34 bits per heavy atom. The predicted molar refractivity (Wildman–Crippen MR) is 160 cm³/mol. The molecule has 0 aliphatic carbocycles. The Labute approximate surface area is 246 Å². The van der Waals surface area contributed by atoms with E-state index < -0.39 is 25.9 Å². The minimum Gasteiger partial charge on any atom is -0.371 e. The SMILES string of the molecule is O=C([C@H](CNS(=O)(=O)c1ccc2cc(Cl)ccc2c1)NCC1CCN(c2ccncc2)CC1)N1CCS(=O)(=O)CC1. The van der Waals surface area contributed by atoms with Crippen molar-refractivity contribution < 1.29 is 21.6 Å². The topological polar surface area (TPSA) is 129 Å². The highest BCUT2D eigenvalue weighted by Gasteiger charge is 2.31. The number of halogens is 1. The average Bonchev–Trinajstić information content (AvgIpc) is 2.97. The third kappa shape index (κ3) is 7.55. The molecule has 3 heterocycles. The number of pyridine rings is 1. The van der Waals surface area contributed by atoms with Gasteiger partial charge in [0.05, 0.1) is 16.4 Å². The van der Waals surface area contributed by atoms with Gasteiger partial charge >= 0.3 is 0 Å². The molecule has 0 spiro atoms. The number of carbonyl (C=O) groups excluding carboxylic acids is 1. The molecule has 1 atom stereocenters. The number of aromatic nitrogens is 1. The number of sulfone groups is 1. The first-order chi connectivity index (χ1) is 19.6. The van der Waals surface area contributed by atoms with Gasteiger partial charge < -0.3 is 15.1 Å². The van der Waals surface area contributed by atoms with Crippen LogP contribution >= 0.6 is 11.6 Å². The fraction of sp³-hybridized carbons (Fsp3) is 0.429. The smallest absolute Gasteiger partial charge is 0.241 e. The van der Waals surface area contributed by atoms with Gasteiger partial charge in [-0.05, 0) is 72.5 Å². The van der Waals surface area contributed by atoms with Gasteiger partial charge in [0, 0.05) is 55.8 Å². The molecule has 10 nitrogen and oxygen atoms in total. The maximum Gasteiger partial charge on any atom is 0.241 e. The van der Waals surface area contributed by atoms with Crippen molar-refractivity contribution >= 4 is 53.8 Å². The molecule has 0 unspecified atom stereocenters. The van der Waals surface area contributed by atoms with Gasteiger partial charge in [-0.1, -0.05) is 23.7 Å². The Hall–Kier alpha value is -2.77. The van der Waals surface area contributed by atoms with Gasteiger partial charge in [-0.3, -0.25) is 9.78 Å². The van der Waals surface area contributed by atoms with Crippen LogP contribution in [0.3, 0.4) is 0 Å². The second-order valence-electron chi connectivity index (χ2n) is 10.6. The van der Waals surface area contributed by atoms with Crippen LogP contribution in [0, 0.1) is 5.92 Å². The zero-order valence-corrected chi connectivity index (χ0v) is 25.0. The number of benzene rings is 2. The Bertz CT molecular complexity index is 1580. The van der Waals surface area contributed by atoms with E-state index in [2.05, 4.69) is 19.9 Å². The molecule has 13 heteroatoms. The summed E-state index contributed by atoms with van der Waals surface area (Å²) in [6.07, 6.45) is 5.40. The van der Waals surface area contributed by atoms with Crippen molar-refractivity contribution in [1.29, 1.82) is 0 Å². The molecule has 2 aromatic carbocycles. The molecular formula is C28H34ClN5O5S2. The first-order valence-corrected chi connectivity index (χ1v) is 17.3. The van der Waals surface area contributed by atoms with Crippen molar-refractivity contribution in [3.05, 3.63) is 65.9 Å². The Balaban J connectivity index is 1.25. The molecule has 2 fully saturated rings. The Morgan fingerprint density at radius 2 is 1.63 bits per heavy atom. The summed E-state index contributed by atoms with van der Waals surface area (Å²) < 4.78 is 52.9. The molecule has 0 bridgehead atoms. The van der Waals surface area contributed by atoms with Crippen molar-refractivity contribution in [2.24, 2.45) is 5.92 Å². The van der Waals surface area contributed by atoms with Crippen LogP contribution < -0.4 is 14.9 Å². The molecule has 2 saturated heterocycles. The maximum atomic E-state index is 13.5. The van der Waals surface area contributed by atoms with Gasteiger partial charge in [0.1, 0.15) is 6.04 Å². The zero-order chi connectivity index (χ0) is 29.0. The fourth-order valence-electron chi connectivity index (χ4n) is 5.30. The van der Waals surface area contributed by atoms with Crippen molar-refractivity contribution in [3.63, 3.8) is 0 Å². The molecule has 0 radical (unpaired) electrons. The van der Waals surface area contributed by atoms with Crippen LogP contribution in [0.25, 0.3) is 10.8 Å². The summed E-state index contributed by atoms with van der Waals surface area (Å²) in [5, 5.41) is 5.43. The summed E-state index contributed by atoms with van der Waals surface area (Å²) in [6, 6.07) is 13.2. The van der Waals surface area contributed by atoms with E-state index in [1.54, 1.807) is 42.7 Å². The van der Waals surface area contributed by atoms with Crippen molar-refractivity contribution in [2.45, 2.75) is 23.8 Å². The number of piperidine rings is 1. The number of anilines is 1. The summed E-state index contributed by atoms with van der Waals surface area (Å²) in [6.45, 7) is 2.34. The van der Waals surface area contributed by atoms with E-state index in [1.807, 2.05) is 12.1 Å². The summed E-state index contributed by atoms with van der Waals surface area (Å²) in [4.78, 5) is 21.5. The first-order valence-electron chi connectivity index (χ1n) is 13.7. The van der Waals surface area contributed by atoms with Gasteiger partial charge in [0.25, 0.3) is 0 Å². The standard InChI is InChI=1S/C28H34ClN5O5S2/c29-24-3-1-23-18-26(4-2-22(23)17-24)41(38,39)32-20-27(28(35)34-13-15-40(36,37)16-14-34)31-19-21-7-11-33(12-8-21)25-5-9-30-10-6-25/h1-6,9-10,17-18,21,27,31-32H,7-8,11-16,19-20H2/t27-/m0/s1. The quantitative estimate of drug-likeness (QED) is 0.373. The lowest BCUT2D eigenvalue weighted by molar-refractivity contribution is -0.133. The van der Waals surface area contributed by atoms with Crippen molar-refractivity contribution in [2.75, 3.05) is 55.7 Å². The lowest BCUT2D eigenvalue weighted by Gasteiger charge is -2.35. The van der Waals surface area contributed by atoms with E-state index in [1.165, 1.54) is 11.0 Å². The highest BCUT2D eigenvalue weighted by atomic mass is 35.5. The van der Waals surface area contributed by atoms with Crippen molar-refractivity contribution in [1.82, 2.24) is 19.9 Å². The van der Waals surface area contributed by atoms with Crippen LogP contribution in [0.1, 0.15) is 12.8 Å². The highest BCUT2D eigenvalue weighted by Crippen LogP contribution is 2.24. The summed E-state index contributed by atoms with van der Waals surface area (Å²) >= 11 is 6.05. The minimum absolute atomic E-state index is 0.0890. The monoisotopic (exact) mass is 619 g/mol. The lowest BCUT2D eigenvalue weighted by Crippen LogP contribution is -2.56. The molecule has 5 rings (SSSR count). The van der Waals surface area contributed by atoms with E-state index in [4.69, 9.17) is 11.6 Å². The molecule has 2 N–H and O–H groups in total. The molecule has 0 saturated carbocycles. The van der Waals surface area contributed by atoms with Crippen LogP contribution in [-0.2, 0) is 24.7 Å². The third-order valence-electron chi connectivity index (χ3n) is 7.81. The number of fused-ring (bicyclic) bond motifs is 1. The van der Waals surface area contributed by atoms with Crippen molar-refractivity contribution in [3.8, 4) is 0 Å². The number of rotatable bonds is 9. The molecule has 41 heavy (non-hydrogen) atoms. The number of nitrogens with one attached hydrogen (secondary N) is 2. The number of nitrogens with zero attached hydrogens (tertiary/aromatic N) is 3. The van der Waals surface area contributed by atoms with Gasteiger partial charge in [0.15, 0.2) is 9.84 Å². The number of sulfonamides is 1. The van der Waals surface area contributed by atoms with Gasteiger partial charge in [0.2, 0.25) is 15.9 Å². The van der Waals surface area contributed by atoms with Gasteiger partial charge in [-0.15, -0.1) is 0 Å². The average molecular weight is 620 g/mol. The zero-order valence-electron chi connectivity index (χ0n) is 22.6. The number of hydrogen-bond acceptors (Lipinski definition) is 8. The van der Waals surface area contributed by atoms with E-state index in [9.17, 15) is 21.6 Å². The number of hydrogen-bond donors (Lipinski definition) is 2. The third-order valence-corrected chi connectivity index (χ3v) is 11.1. The Kier molecular flexibility index (Phi) is 9.15. The number of amides is 1. The van der Waals surface area contributed by atoms with Crippen LogP contribution in [0.5, 0.6) is 0 Å². The number of carbonyl (C=O) groups is 1. The minimum atomic E-state index is -3.92. The normalized spacial score (nSPS) is 18.9. The van der Waals surface area contributed by atoms with Crippen LogP contribution in [0.15, 0.2) is 65.8 Å². The van der Waals surface area contributed by atoms with E-state index in [0.717, 1.165) is 42.4 Å². The molecule has 1 amide bonds. The second kappa shape index (κ2) is 12.6. The van der Waals surface area contributed by atoms with Crippen LogP contribution in [0.4, 0.5) is 5.69 Å². The second-order valence-corrected chi connectivity index (χ2v) is 15.1. The molecular weight excluding hydrogens is 586 g/mol. The van der Waals surface area contributed by atoms with E-state index in [-0.39, 0.29) is 41.9 Å². The van der Waals surface area contributed by atoms with E-state index in [0.29, 0.717) is 17.5 Å². The Morgan fingerprint density at radius 1 is 0.976 bits per heavy atom. The van der Waals surface area contributed by atoms with E-state index >= 15 is 0 Å². The summed E-state index contributed by atoms with van der Waals surface area (Å²) in [7, 11) is -7.09. The summed E-state index contributed by atoms with van der Waals surface area (Å²) in [5.41, 5.74) is 1.13. The van der Waals surface area contributed by atoms with Gasteiger partial charge in [-0.2, -0.15) is 0 Å². The lowest BCUT2D eigenvalue weighted by atomic mass is 9.96. The fourth-order valence-corrected chi connectivity index (χ4v) is 7.76. The van der Waals surface area contributed by atoms with Crippen LogP contribution in [0.2, 0.25) is 5.02 Å². The summed E-state index contributed by atoms with van der Waals surface area (Å²) in [5.74, 6) is -0.170. The first kappa shape index (κ1) is 29.7. The molecule has 1 aromatic heterocycles. The molecule has 2 aliphatic heterocycles. The van der Waals surface area contributed by atoms with Crippen LogP contribution in [-0.4, -0.2) is 89.4 Å². The highest BCUT2D eigenvalue weighted by molar-refractivity contribution is 7.91. The molecule has 3 aromatic rings. The molecule has 220 valence electrons. The molecule has 2 aliphatic rings. The van der Waals surface area contributed by atoms with Gasteiger partial charge in [-0.25, -0.2) is 21.6 Å².